The summed E-state index contributed by atoms with van der Waals surface area (Å²) in [5.41, 5.74) is 4.44. The Bertz CT molecular complexity index is 1190. The minimum atomic E-state index is -0.332. The van der Waals surface area contributed by atoms with Gasteiger partial charge in [0.1, 0.15) is 11.9 Å². The number of nitrogens with one attached hydrogen (secondary N) is 1. The van der Waals surface area contributed by atoms with Gasteiger partial charge in [0.05, 0.1) is 0 Å². The normalized spacial score (nSPS) is 19.9. The Kier molecular flexibility index (Phi) is 4.13. The van der Waals surface area contributed by atoms with Crippen molar-refractivity contribution in [3.63, 3.8) is 0 Å². The fraction of sp³-hybridized carbons (Fsp3) is 0.292. The molecule has 5 rings (SSSR count). The molecule has 6 heteroatoms. The van der Waals surface area contributed by atoms with E-state index in [1.54, 1.807) is 16.8 Å². The SMILES string of the molecule is Cc1cccc(C2C3=C(CC(C)(C)CC3=O)Nc3nc(-c4ccc(F)cc4)nn32)c1. The van der Waals surface area contributed by atoms with Gasteiger partial charge < -0.3 is 5.32 Å². The molecule has 1 aromatic heterocycles. The molecule has 5 nitrogen and oxygen atoms in total. The maximum absolute atomic E-state index is 13.4. The Labute approximate surface area is 174 Å². The number of aromatic nitrogens is 3. The van der Waals surface area contributed by atoms with Gasteiger partial charge in [0.2, 0.25) is 5.95 Å². The molecule has 2 aliphatic rings. The zero-order chi connectivity index (χ0) is 21.0. The highest BCUT2D eigenvalue weighted by atomic mass is 19.1. The summed E-state index contributed by atoms with van der Waals surface area (Å²) in [6.45, 7) is 6.26. The largest absolute Gasteiger partial charge is 0.328 e. The van der Waals surface area contributed by atoms with Gasteiger partial charge in [-0.15, -0.1) is 5.10 Å². The van der Waals surface area contributed by atoms with Gasteiger partial charge >= 0.3 is 0 Å². The highest BCUT2D eigenvalue weighted by molar-refractivity contribution is 6.00. The van der Waals surface area contributed by atoms with Crippen LogP contribution < -0.4 is 5.32 Å². The lowest BCUT2D eigenvalue weighted by Crippen LogP contribution is -2.36. The van der Waals surface area contributed by atoms with Crippen molar-refractivity contribution in [2.45, 2.75) is 39.7 Å². The van der Waals surface area contributed by atoms with Crippen molar-refractivity contribution in [1.29, 1.82) is 0 Å². The number of hydrogen-bond acceptors (Lipinski definition) is 4. The molecule has 0 radical (unpaired) electrons. The summed E-state index contributed by atoms with van der Waals surface area (Å²) in [5.74, 6) is 0.944. The molecule has 0 amide bonds. The van der Waals surface area contributed by atoms with Crippen LogP contribution in [0.2, 0.25) is 0 Å². The molecule has 1 atom stereocenters. The highest BCUT2D eigenvalue weighted by Gasteiger charge is 2.41. The summed E-state index contributed by atoms with van der Waals surface area (Å²) >= 11 is 0. The second-order valence-electron chi connectivity index (χ2n) is 8.99. The number of Topliss-reactive ketones (excluding diaryl/α,β-unsaturated/α-hetero) is 1. The topological polar surface area (TPSA) is 59.8 Å². The summed E-state index contributed by atoms with van der Waals surface area (Å²) in [7, 11) is 0. The lowest BCUT2D eigenvalue weighted by atomic mass is 9.73. The Morgan fingerprint density at radius 2 is 1.90 bits per heavy atom. The zero-order valence-electron chi connectivity index (χ0n) is 17.2. The van der Waals surface area contributed by atoms with E-state index < -0.39 is 0 Å². The molecule has 2 aromatic carbocycles. The number of fused-ring (bicyclic) bond motifs is 1. The van der Waals surface area contributed by atoms with Gasteiger partial charge in [-0.2, -0.15) is 4.98 Å². The molecule has 30 heavy (non-hydrogen) atoms. The van der Waals surface area contributed by atoms with Crippen LogP contribution in [0, 0.1) is 18.2 Å². The smallest absolute Gasteiger partial charge is 0.226 e. The van der Waals surface area contributed by atoms with E-state index in [2.05, 4.69) is 30.2 Å². The fourth-order valence-corrected chi connectivity index (χ4v) is 4.48. The molecular weight excluding hydrogens is 379 g/mol. The molecule has 1 aliphatic carbocycles. The second-order valence-corrected chi connectivity index (χ2v) is 8.99. The van der Waals surface area contributed by atoms with E-state index in [1.807, 2.05) is 25.1 Å². The first-order valence-corrected chi connectivity index (χ1v) is 10.1. The van der Waals surface area contributed by atoms with E-state index in [9.17, 15) is 9.18 Å². The van der Waals surface area contributed by atoms with Crippen LogP contribution in [0.5, 0.6) is 0 Å². The molecule has 3 aromatic rings. The predicted octanol–water partition coefficient (Wildman–Crippen LogP) is 5.05. The van der Waals surface area contributed by atoms with Gasteiger partial charge in [-0.05, 0) is 48.6 Å². The third-order valence-corrected chi connectivity index (χ3v) is 5.79. The summed E-state index contributed by atoms with van der Waals surface area (Å²) in [6, 6.07) is 14.0. The van der Waals surface area contributed by atoms with E-state index in [1.165, 1.54) is 12.1 Å². The van der Waals surface area contributed by atoms with Crippen molar-refractivity contribution < 1.29 is 9.18 Å². The molecule has 0 saturated heterocycles. The average Bonchev–Trinajstić information content (AvgIpc) is 3.09. The van der Waals surface area contributed by atoms with Crippen molar-refractivity contribution in [2.24, 2.45) is 5.41 Å². The Morgan fingerprint density at radius 1 is 1.13 bits per heavy atom. The van der Waals surface area contributed by atoms with Gasteiger partial charge in [-0.1, -0.05) is 43.7 Å². The Morgan fingerprint density at radius 3 is 2.63 bits per heavy atom. The molecular formula is C24H23FN4O. The molecule has 2 heterocycles. The molecule has 1 N–H and O–H groups in total. The summed E-state index contributed by atoms with van der Waals surface area (Å²) < 4.78 is 15.2. The van der Waals surface area contributed by atoms with Gasteiger partial charge in [0, 0.05) is 23.3 Å². The first-order valence-electron chi connectivity index (χ1n) is 10.1. The Hall–Kier alpha value is -3.28. The molecule has 152 valence electrons. The molecule has 0 saturated carbocycles. The molecule has 1 aliphatic heterocycles. The van der Waals surface area contributed by atoms with Crippen LogP contribution in [-0.2, 0) is 4.79 Å². The predicted molar refractivity (Wildman–Crippen MR) is 113 cm³/mol. The molecule has 0 spiro atoms. The van der Waals surface area contributed by atoms with E-state index in [-0.39, 0.29) is 23.1 Å². The number of carbonyl (C=O) groups excluding carboxylic acids is 1. The second kappa shape index (κ2) is 6.62. The van der Waals surface area contributed by atoms with E-state index >= 15 is 0 Å². The van der Waals surface area contributed by atoms with Gasteiger partial charge in [0.15, 0.2) is 11.6 Å². The van der Waals surface area contributed by atoms with Crippen molar-refractivity contribution in [3.8, 4) is 11.4 Å². The van der Waals surface area contributed by atoms with Crippen LogP contribution in [0.4, 0.5) is 10.3 Å². The zero-order valence-corrected chi connectivity index (χ0v) is 17.2. The number of ketones is 1. The minimum absolute atomic E-state index is 0.109. The number of carbonyl (C=O) groups is 1. The maximum atomic E-state index is 13.4. The van der Waals surface area contributed by atoms with Crippen LogP contribution in [0.1, 0.15) is 43.9 Å². The molecule has 1 unspecified atom stereocenters. The van der Waals surface area contributed by atoms with E-state index in [0.717, 1.165) is 34.4 Å². The Balaban J connectivity index is 1.68. The van der Waals surface area contributed by atoms with E-state index in [0.29, 0.717) is 18.2 Å². The third-order valence-electron chi connectivity index (χ3n) is 5.79. The molecule has 0 bridgehead atoms. The monoisotopic (exact) mass is 402 g/mol. The third kappa shape index (κ3) is 3.12. The number of nitrogens with zero attached hydrogens (tertiary/aromatic N) is 3. The van der Waals surface area contributed by atoms with Crippen molar-refractivity contribution in [1.82, 2.24) is 14.8 Å². The number of anilines is 1. The van der Waals surface area contributed by atoms with Gasteiger partial charge in [0.25, 0.3) is 0 Å². The van der Waals surface area contributed by atoms with Crippen LogP contribution in [0.15, 0.2) is 59.8 Å². The summed E-state index contributed by atoms with van der Waals surface area (Å²) in [6.07, 6.45) is 1.28. The first kappa shape index (κ1) is 18.7. The molecule has 0 fully saturated rings. The van der Waals surface area contributed by atoms with Crippen LogP contribution in [0.25, 0.3) is 11.4 Å². The number of rotatable bonds is 2. The highest BCUT2D eigenvalue weighted by Crippen LogP contribution is 2.45. The van der Waals surface area contributed by atoms with Crippen LogP contribution >= 0.6 is 0 Å². The maximum Gasteiger partial charge on any atom is 0.226 e. The van der Waals surface area contributed by atoms with Crippen molar-refractivity contribution in [3.05, 3.63) is 76.7 Å². The lowest BCUT2D eigenvalue weighted by molar-refractivity contribution is -0.118. The summed E-state index contributed by atoms with van der Waals surface area (Å²) in [4.78, 5) is 17.9. The van der Waals surface area contributed by atoms with Crippen LogP contribution in [0.3, 0.4) is 0 Å². The van der Waals surface area contributed by atoms with Gasteiger partial charge in [-0.3, -0.25) is 4.79 Å². The standard InChI is InChI=1S/C24H23FN4O/c1-14-5-4-6-16(11-14)21-20-18(12-24(2,3)13-19(20)30)26-23-27-22(28-29(21)23)15-7-9-17(25)10-8-15/h4-11,21H,12-13H2,1-3H3,(H,26,27,28). The minimum Gasteiger partial charge on any atom is -0.328 e. The number of benzene rings is 2. The average molecular weight is 402 g/mol. The quantitative estimate of drug-likeness (QED) is 0.652. The lowest BCUT2D eigenvalue weighted by Gasteiger charge is -2.38. The van der Waals surface area contributed by atoms with Crippen LogP contribution in [-0.4, -0.2) is 20.5 Å². The first-order chi connectivity index (χ1) is 14.3. The number of halogens is 1. The number of allylic oxidation sites excluding steroid dienone is 2. The number of hydrogen-bond donors (Lipinski definition) is 1. The van der Waals surface area contributed by atoms with E-state index in [4.69, 9.17) is 5.10 Å². The summed E-state index contributed by atoms with van der Waals surface area (Å²) in [5, 5.41) is 8.11. The van der Waals surface area contributed by atoms with Gasteiger partial charge in [-0.25, -0.2) is 9.07 Å². The number of aryl methyl sites for hydroxylation is 1. The fourth-order valence-electron chi connectivity index (χ4n) is 4.48. The van der Waals surface area contributed by atoms with Crippen molar-refractivity contribution >= 4 is 11.7 Å². The van der Waals surface area contributed by atoms with Crippen molar-refractivity contribution in [2.75, 3.05) is 5.32 Å².